The van der Waals surface area contributed by atoms with Gasteiger partial charge in [-0.1, -0.05) is 124 Å². The molecule has 1 atom stereocenters. The van der Waals surface area contributed by atoms with Crippen LogP contribution in [0.5, 0.6) is 0 Å². The maximum absolute atomic E-state index is 2.42. The second-order valence-electron chi connectivity index (χ2n) is 7.47. The van der Waals surface area contributed by atoms with E-state index in [4.69, 9.17) is 0 Å². The van der Waals surface area contributed by atoms with Crippen LogP contribution in [0.25, 0.3) is 0 Å². The molecule has 0 spiro atoms. The molecule has 0 aromatic carbocycles. The van der Waals surface area contributed by atoms with Crippen LogP contribution in [0, 0.1) is 11.8 Å². The quantitative estimate of drug-likeness (QED) is 0.252. The first-order valence-electron chi connectivity index (χ1n) is 10.2. The average molecular weight is 297 g/mol. The highest BCUT2D eigenvalue weighted by Gasteiger charge is 2.12. The van der Waals surface area contributed by atoms with Crippen molar-refractivity contribution in [3.05, 3.63) is 0 Å². The van der Waals surface area contributed by atoms with Crippen molar-refractivity contribution < 1.29 is 0 Å². The molecule has 0 rings (SSSR count). The van der Waals surface area contributed by atoms with Gasteiger partial charge in [0, 0.05) is 0 Å². The highest BCUT2D eigenvalue weighted by Crippen LogP contribution is 2.25. The molecule has 0 nitrogen and oxygen atoms in total. The number of hydrogen-bond acceptors (Lipinski definition) is 0. The lowest BCUT2D eigenvalue weighted by Crippen LogP contribution is -2.08. The van der Waals surface area contributed by atoms with E-state index in [-0.39, 0.29) is 0 Å². The van der Waals surface area contributed by atoms with Crippen molar-refractivity contribution in [2.45, 2.75) is 124 Å². The summed E-state index contributed by atoms with van der Waals surface area (Å²) in [5.41, 5.74) is 0. The molecule has 1 unspecified atom stereocenters. The molecular formula is C21H44. The molecule has 0 bridgehead atoms. The van der Waals surface area contributed by atoms with E-state index in [0.29, 0.717) is 0 Å². The summed E-state index contributed by atoms with van der Waals surface area (Å²) >= 11 is 0. The molecule has 0 aromatic rings. The Morgan fingerprint density at radius 2 is 0.810 bits per heavy atom. The Balaban J connectivity index is 3.37. The molecule has 0 saturated carbocycles. The van der Waals surface area contributed by atoms with Gasteiger partial charge in [0.25, 0.3) is 0 Å². The molecule has 0 N–H and O–H groups in total. The van der Waals surface area contributed by atoms with Crippen LogP contribution in [0.1, 0.15) is 124 Å². The van der Waals surface area contributed by atoms with Crippen molar-refractivity contribution in [3.63, 3.8) is 0 Å². The zero-order valence-electron chi connectivity index (χ0n) is 15.8. The second-order valence-corrected chi connectivity index (χ2v) is 7.47. The second kappa shape index (κ2) is 16.4. The van der Waals surface area contributed by atoms with Crippen molar-refractivity contribution >= 4 is 0 Å². The molecule has 0 radical (unpaired) electrons. The summed E-state index contributed by atoms with van der Waals surface area (Å²) < 4.78 is 0. The Morgan fingerprint density at radius 3 is 1.24 bits per heavy atom. The molecule has 0 aliphatic rings. The van der Waals surface area contributed by atoms with Crippen molar-refractivity contribution in [1.29, 1.82) is 0 Å². The molecule has 128 valence electrons. The van der Waals surface area contributed by atoms with Gasteiger partial charge in [0.2, 0.25) is 0 Å². The van der Waals surface area contributed by atoms with Gasteiger partial charge < -0.3 is 0 Å². The van der Waals surface area contributed by atoms with Crippen molar-refractivity contribution in [3.8, 4) is 0 Å². The van der Waals surface area contributed by atoms with Gasteiger partial charge >= 0.3 is 0 Å². The summed E-state index contributed by atoms with van der Waals surface area (Å²) in [5.74, 6) is 1.88. The molecule has 0 aromatic heterocycles. The Bertz CT molecular complexity index is 182. The lowest BCUT2D eigenvalue weighted by molar-refractivity contribution is 0.314. The van der Waals surface area contributed by atoms with Gasteiger partial charge in [-0.15, -0.1) is 0 Å². The van der Waals surface area contributed by atoms with Gasteiger partial charge in [0.15, 0.2) is 0 Å². The normalized spacial score (nSPS) is 13.0. The Labute approximate surface area is 136 Å². The first-order valence-corrected chi connectivity index (χ1v) is 10.2. The standard InChI is InChI=1S/C21H44/c1-5-7-9-10-11-12-13-14-15-17-19-21(20(3)4)18-16-8-6-2/h20-21H,5-19H2,1-4H3. The van der Waals surface area contributed by atoms with Gasteiger partial charge in [0.1, 0.15) is 0 Å². The fraction of sp³-hybridized carbons (Fsp3) is 1.00. The van der Waals surface area contributed by atoms with Crippen LogP contribution in [0.4, 0.5) is 0 Å². The Morgan fingerprint density at radius 1 is 0.476 bits per heavy atom. The molecule has 21 heavy (non-hydrogen) atoms. The number of rotatable bonds is 16. The lowest BCUT2D eigenvalue weighted by atomic mass is 9.86. The van der Waals surface area contributed by atoms with E-state index in [1.165, 1.54) is 96.3 Å². The SMILES string of the molecule is CCCCCCCCCCCCC(CCCCC)C(C)C. The first-order chi connectivity index (χ1) is 10.2. The van der Waals surface area contributed by atoms with Gasteiger partial charge in [-0.25, -0.2) is 0 Å². The van der Waals surface area contributed by atoms with Crippen LogP contribution < -0.4 is 0 Å². The van der Waals surface area contributed by atoms with Crippen LogP contribution >= 0.6 is 0 Å². The molecule has 0 fully saturated rings. The van der Waals surface area contributed by atoms with Crippen LogP contribution in [-0.2, 0) is 0 Å². The molecule has 0 heteroatoms. The molecule has 0 aliphatic carbocycles. The maximum atomic E-state index is 2.42. The van der Waals surface area contributed by atoms with Gasteiger partial charge in [-0.2, -0.15) is 0 Å². The van der Waals surface area contributed by atoms with E-state index < -0.39 is 0 Å². The van der Waals surface area contributed by atoms with Crippen molar-refractivity contribution in [1.82, 2.24) is 0 Å². The minimum Gasteiger partial charge on any atom is -0.0654 e. The minimum atomic E-state index is 0.889. The van der Waals surface area contributed by atoms with E-state index >= 15 is 0 Å². The fourth-order valence-electron chi connectivity index (χ4n) is 3.36. The highest BCUT2D eigenvalue weighted by atomic mass is 14.2. The predicted octanol–water partition coefficient (Wildman–Crippen LogP) is 8.15. The third-order valence-electron chi connectivity index (χ3n) is 5.05. The van der Waals surface area contributed by atoms with E-state index in [9.17, 15) is 0 Å². The largest absolute Gasteiger partial charge is 0.0654 e. The van der Waals surface area contributed by atoms with Crippen LogP contribution in [-0.4, -0.2) is 0 Å². The fourth-order valence-corrected chi connectivity index (χ4v) is 3.36. The average Bonchev–Trinajstić information content (AvgIpc) is 2.47. The predicted molar refractivity (Wildman–Crippen MR) is 98.9 cm³/mol. The van der Waals surface area contributed by atoms with E-state index in [1.54, 1.807) is 0 Å². The van der Waals surface area contributed by atoms with E-state index in [0.717, 1.165) is 11.8 Å². The zero-order chi connectivity index (χ0) is 15.8. The third-order valence-corrected chi connectivity index (χ3v) is 5.05. The summed E-state index contributed by atoms with van der Waals surface area (Å²) in [7, 11) is 0. The monoisotopic (exact) mass is 296 g/mol. The molecule has 0 amide bonds. The van der Waals surface area contributed by atoms with Gasteiger partial charge in [0.05, 0.1) is 0 Å². The maximum Gasteiger partial charge on any atom is -0.0391 e. The lowest BCUT2D eigenvalue weighted by Gasteiger charge is -2.20. The summed E-state index contributed by atoms with van der Waals surface area (Å²) in [4.78, 5) is 0. The van der Waals surface area contributed by atoms with Crippen LogP contribution in [0.15, 0.2) is 0 Å². The van der Waals surface area contributed by atoms with Crippen molar-refractivity contribution in [2.75, 3.05) is 0 Å². The molecular weight excluding hydrogens is 252 g/mol. The van der Waals surface area contributed by atoms with Crippen LogP contribution in [0.3, 0.4) is 0 Å². The zero-order valence-corrected chi connectivity index (χ0v) is 15.8. The smallest absolute Gasteiger partial charge is 0.0391 e. The van der Waals surface area contributed by atoms with Crippen molar-refractivity contribution in [2.24, 2.45) is 11.8 Å². The summed E-state index contributed by atoms with van der Waals surface area (Å²) in [6.45, 7) is 9.46. The Hall–Kier alpha value is 0. The number of unbranched alkanes of at least 4 members (excludes halogenated alkanes) is 11. The molecule has 0 saturated heterocycles. The minimum absolute atomic E-state index is 0.889. The van der Waals surface area contributed by atoms with E-state index in [2.05, 4.69) is 27.7 Å². The first kappa shape index (κ1) is 21.0. The summed E-state index contributed by atoms with van der Waals surface area (Å²) in [5, 5.41) is 0. The van der Waals surface area contributed by atoms with E-state index in [1.807, 2.05) is 0 Å². The Kier molecular flexibility index (Phi) is 16.4. The summed E-state index contributed by atoms with van der Waals surface area (Å²) in [6.07, 6.45) is 21.8. The highest BCUT2D eigenvalue weighted by molar-refractivity contribution is 4.64. The van der Waals surface area contributed by atoms with Gasteiger partial charge in [-0.05, 0) is 11.8 Å². The summed E-state index contributed by atoms with van der Waals surface area (Å²) in [6, 6.07) is 0. The molecule has 0 heterocycles. The van der Waals surface area contributed by atoms with Crippen LogP contribution in [0.2, 0.25) is 0 Å². The molecule has 0 aliphatic heterocycles. The van der Waals surface area contributed by atoms with Gasteiger partial charge in [-0.3, -0.25) is 0 Å². The third kappa shape index (κ3) is 14.7. The number of hydrogen-bond donors (Lipinski definition) is 0. The topological polar surface area (TPSA) is 0 Å².